The van der Waals surface area contributed by atoms with Gasteiger partial charge in [-0.1, -0.05) is 6.92 Å². The molecule has 78 valence electrons. The molecule has 2 N–H and O–H groups in total. The summed E-state index contributed by atoms with van der Waals surface area (Å²) in [5.41, 5.74) is 9.07. The van der Waals surface area contributed by atoms with Crippen LogP contribution in [0.3, 0.4) is 0 Å². The first kappa shape index (κ1) is 9.78. The lowest BCUT2D eigenvalue weighted by molar-refractivity contribution is 0.363. The Bertz CT molecular complexity index is 325. The van der Waals surface area contributed by atoms with Gasteiger partial charge in [-0.15, -0.1) is 0 Å². The average molecular weight is 192 g/mol. The molecule has 1 aromatic rings. The lowest BCUT2D eigenvalue weighted by Crippen LogP contribution is -2.32. The molecule has 1 aliphatic rings. The van der Waals surface area contributed by atoms with Crippen LogP contribution in [-0.4, -0.2) is 10.6 Å². The van der Waals surface area contributed by atoms with Crippen LogP contribution in [0.4, 0.5) is 0 Å². The van der Waals surface area contributed by atoms with Gasteiger partial charge in [-0.25, -0.2) is 0 Å². The molecule has 0 amide bonds. The first-order valence-electron chi connectivity index (χ1n) is 5.50. The maximum Gasteiger partial charge on any atom is 0.0106 e. The Labute approximate surface area is 86.1 Å². The highest BCUT2D eigenvalue weighted by Crippen LogP contribution is 2.37. The molecule has 0 spiro atoms. The van der Waals surface area contributed by atoms with E-state index in [4.69, 9.17) is 5.73 Å². The molecule has 0 saturated carbocycles. The van der Waals surface area contributed by atoms with E-state index < -0.39 is 0 Å². The van der Waals surface area contributed by atoms with Crippen molar-refractivity contribution in [2.75, 3.05) is 0 Å². The SMILES string of the molecule is CC(N)C1c2cn(C)cc2CCC1C. The van der Waals surface area contributed by atoms with Crippen LogP contribution in [0.5, 0.6) is 0 Å². The highest BCUT2D eigenvalue weighted by molar-refractivity contribution is 5.32. The first-order valence-corrected chi connectivity index (χ1v) is 5.50. The maximum absolute atomic E-state index is 6.07. The average Bonchev–Trinajstić information content (AvgIpc) is 2.43. The predicted molar refractivity (Wildman–Crippen MR) is 59.3 cm³/mol. The summed E-state index contributed by atoms with van der Waals surface area (Å²) in [6.45, 7) is 4.45. The topological polar surface area (TPSA) is 30.9 Å². The van der Waals surface area contributed by atoms with Crippen molar-refractivity contribution in [2.24, 2.45) is 18.7 Å². The summed E-state index contributed by atoms with van der Waals surface area (Å²) in [6.07, 6.45) is 7.00. The van der Waals surface area contributed by atoms with E-state index in [0.29, 0.717) is 5.92 Å². The molecule has 3 unspecified atom stereocenters. The molecule has 0 aromatic carbocycles. The Hall–Kier alpha value is -0.760. The fraction of sp³-hybridized carbons (Fsp3) is 0.667. The van der Waals surface area contributed by atoms with E-state index in [2.05, 4.69) is 37.9 Å². The van der Waals surface area contributed by atoms with Crippen molar-refractivity contribution < 1.29 is 0 Å². The number of hydrogen-bond acceptors (Lipinski definition) is 1. The van der Waals surface area contributed by atoms with Crippen LogP contribution >= 0.6 is 0 Å². The van der Waals surface area contributed by atoms with Gasteiger partial charge in [0.15, 0.2) is 0 Å². The van der Waals surface area contributed by atoms with Gasteiger partial charge in [-0.2, -0.15) is 0 Å². The third kappa shape index (κ3) is 1.48. The number of hydrogen-bond donors (Lipinski definition) is 1. The molecule has 1 aliphatic carbocycles. The number of rotatable bonds is 1. The van der Waals surface area contributed by atoms with Gasteiger partial charge in [-0.3, -0.25) is 0 Å². The molecule has 2 heteroatoms. The lowest BCUT2D eigenvalue weighted by Gasteiger charge is -2.32. The van der Waals surface area contributed by atoms with Crippen molar-refractivity contribution >= 4 is 0 Å². The second kappa shape index (κ2) is 3.43. The van der Waals surface area contributed by atoms with Crippen molar-refractivity contribution in [3.63, 3.8) is 0 Å². The van der Waals surface area contributed by atoms with Gasteiger partial charge in [0.2, 0.25) is 0 Å². The van der Waals surface area contributed by atoms with Crippen LogP contribution in [0.2, 0.25) is 0 Å². The van der Waals surface area contributed by atoms with Gasteiger partial charge >= 0.3 is 0 Å². The number of nitrogens with two attached hydrogens (primary N) is 1. The summed E-state index contributed by atoms with van der Waals surface area (Å²) in [4.78, 5) is 0. The van der Waals surface area contributed by atoms with Gasteiger partial charge in [0.25, 0.3) is 0 Å². The molecular weight excluding hydrogens is 172 g/mol. The first-order chi connectivity index (χ1) is 6.59. The fourth-order valence-corrected chi connectivity index (χ4v) is 2.84. The fourth-order valence-electron chi connectivity index (χ4n) is 2.84. The normalized spacial score (nSPS) is 28.6. The Morgan fingerprint density at radius 1 is 1.50 bits per heavy atom. The minimum atomic E-state index is 0.270. The van der Waals surface area contributed by atoms with Crippen LogP contribution in [-0.2, 0) is 13.5 Å². The summed E-state index contributed by atoms with van der Waals surface area (Å²) in [7, 11) is 2.10. The second-order valence-electron chi connectivity index (χ2n) is 4.81. The number of aryl methyl sites for hydroxylation is 2. The zero-order valence-electron chi connectivity index (χ0n) is 9.33. The van der Waals surface area contributed by atoms with E-state index in [9.17, 15) is 0 Å². The van der Waals surface area contributed by atoms with Crippen LogP contribution in [0.15, 0.2) is 12.4 Å². The summed E-state index contributed by atoms with van der Waals surface area (Å²) in [5.74, 6) is 1.28. The van der Waals surface area contributed by atoms with E-state index in [0.717, 1.165) is 5.92 Å². The largest absolute Gasteiger partial charge is 0.357 e. The van der Waals surface area contributed by atoms with E-state index >= 15 is 0 Å². The van der Waals surface area contributed by atoms with Gasteiger partial charge < -0.3 is 10.3 Å². The van der Waals surface area contributed by atoms with Crippen molar-refractivity contribution in [3.05, 3.63) is 23.5 Å². The third-order valence-electron chi connectivity index (χ3n) is 3.48. The zero-order valence-corrected chi connectivity index (χ0v) is 9.33. The van der Waals surface area contributed by atoms with Crippen molar-refractivity contribution in [1.29, 1.82) is 0 Å². The standard InChI is InChI=1S/C12H20N2/c1-8-4-5-10-6-14(3)7-11(10)12(8)9(2)13/h6-9,12H,4-5,13H2,1-3H3. The Morgan fingerprint density at radius 2 is 2.21 bits per heavy atom. The van der Waals surface area contributed by atoms with Gasteiger partial charge in [-0.05, 0) is 36.8 Å². The second-order valence-corrected chi connectivity index (χ2v) is 4.81. The lowest BCUT2D eigenvalue weighted by atomic mass is 9.75. The van der Waals surface area contributed by atoms with Crippen molar-refractivity contribution in [3.8, 4) is 0 Å². The molecular formula is C12H20N2. The van der Waals surface area contributed by atoms with Gasteiger partial charge in [0.1, 0.15) is 0 Å². The molecule has 1 aromatic heterocycles. The molecule has 0 saturated heterocycles. The molecule has 0 bridgehead atoms. The Morgan fingerprint density at radius 3 is 2.86 bits per heavy atom. The summed E-state index contributed by atoms with van der Waals surface area (Å²) < 4.78 is 2.16. The van der Waals surface area contributed by atoms with Gasteiger partial charge in [0.05, 0.1) is 0 Å². The van der Waals surface area contributed by atoms with E-state index in [1.165, 1.54) is 24.0 Å². The summed E-state index contributed by atoms with van der Waals surface area (Å²) >= 11 is 0. The Kier molecular flexibility index (Phi) is 2.40. The van der Waals surface area contributed by atoms with Crippen LogP contribution in [0, 0.1) is 5.92 Å². The van der Waals surface area contributed by atoms with Crippen molar-refractivity contribution in [2.45, 2.75) is 38.6 Å². The van der Waals surface area contributed by atoms with Crippen LogP contribution < -0.4 is 5.73 Å². The molecule has 3 atom stereocenters. The van der Waals surface area contributed by atoms with Crippen molar-refractivity contribution in [1.82, 2.24) is 4.57 Å². The van der Waals surface area contributed by atoms with Gasteiger partial charge in [0, 0.05) is 31.4 Å². The number of aromatic nitrogens is 1. The van der Waals surface area contributed by atoms with E-state index in [1.54, 1.807) is 0 Å². The van der Waals surface area contributed by atoms with E-state index in [1.807, 2.05) is 0 Å². The highest BCUT2D eigenvalue weighted by atomic mass is 14.9. The molecule has 2 nitrogen and oxygen atoms in total. The van der Waals surface area contributed by atoms with E-state index in [-0.39, 0.29) is 6.04 Å². The number of fused-ring (bicyclic) bond motifs is 1. The third-order valence-corrected chi connectivity index (χ3v) is 3.48. The maximum atomic E-state index is 6.07. The summed E-state index contributed by atoms with van der Waals surface area (Å²) in [6, 6.07) is 0.270. The smallest absolute Gasteiger partial charge is 0.0106 e. The zero-order chi connectivity index (χ0) is 10.3. The monoisotopic (exact) mass is 192 g/mol. The quantitative estimate of drug-likeness (QED) is 0.725. The minimum Gasteiger partial charge on any atom is -0.357 e. The Balaban J connectivity index is 2.40. The highest BCUT2D eigenvalue weighted by Gasteiger charge is 2.29. The molecule has 14 heavy (non-hydrogen) atoms. The molecule has 0 fully saturated rings. The molecule has 0 radical (unpaired) electrons. The molecule has 2 rings (SSSR count). The predicted octanol–water partition coefficient (Wildman–Crippen LogP) is 2.04. The summed E-state index contributed by atoms with van der Waals surface area (Å²) in [5, 5.41) is 0. The molecule has 1 heterocycles. The molecule has 0 aliphatic heterocycles. The van der Waals surface area contributed by atoms with Crippen LogP contribution in [0.1, 0.15) is 37.3 Å². The number of nitrogens with zero attached hydrogens (tertiary/aromatic N) is 1. The van der Waals surface area contributed by atoms with Crippen LogP contribution in [0.25, 0.3) is 0 Å². The minimum absolute atomic E-state index is 0.270.